The van der Waals surface area contributed by atoms with Gasteiger partial charge in [0.25, 0.3) is 0 Å². The minimum Gasteiger partial charge on any atom is -0.510 e. The van der Waals surface area contributed by atoms with Gasteiger partial charge in [-0.2, -0.15) is 0 Å². The first-order valence-corrected chi connectivity index (χ1v) is 8.35. The highest BCUT2D eigenvalue weighted by molar-refractivity contribution is 7.11. The van der Waals surface area contributed by atoms with Crippen LogP contribution in [-0.4, -0.2) is 32.4 Å². The van der Waals surface area contributed by atoms with E-state index in [-0.39, 0.29) is 11.2 Å². The van der Waals surface area contributed by atoms with Gasteiger partial charge in [0.2, 0.25) is 0 Å². The van der Waals surface area contributed by atoms with Crippen molar-refractivity contribution in [1.29, 1.82) is 5.41 Å². The average Bonchev–Trinajstić information content (AvgIpc) is 3.06. The van der Waals surface area contributed by atoms with Gasteiger partial charge in [-0.15, -0.1) is 11.3 Å². The Morgan fingerprint density at radius 1 is 1.39 bits per heavy atom. The number of nitrogens with one attached hydrogen (secondary N) is 1. The summed E-state index contributed by atoms with van der Waals surface area (Å²) in [5.74, 6) is 0.537. The van der Waals surface area contributed by atoms with Crippen molar-refractivity contribution >= 4 is 22.7 Å². The maximum absolute atomic E-state index is 10.3. The van der Waals surface area contributed by atoms with Crippen LogP contribution < -0.4 is 0 Å². The summed E-state index contributed by atoms with van der Waals surface area (Å²) in [6, 6.07) is 3.84. The zero-order valence-electron chi connectivity index (χ0n) is 13.5. The Labute approximate surface area is 139 Å². The Balaban J connectivity index is 1.82. The normalized spacial score (nSPS) is 15.6. The molecule has 6 heteroatoms. The van der Waals surface area contributed by atoms with Crippen molar-refractivity contribution in [1.82, 2.24) is 14.9 Å². The summed E-state index contributed by atoms with van der Waals surface area (Å²) in [6.07, 6.45) is 3.51. The largest absolute Gasteiger partial charge is 0.510 e. The van der Waals surface area contributed by atoms with Gasteiger partial charge in [0.1, 0.15) is 16.6 Å². The molecule has 0 saturated carbocycles. The number of nitrogens with zero attached hydrogens (tertiary/aromatic N) is 3. The molecule has 0 aromatic carbocycles. The number of amidine groups is 1. The minimum atomic E-state index is -0.0406. The molecule has 2 aromatic rings. The van der Waals surface area contributed by atoms with Crippen molar-refractivity contribution in [2.45, 2.75) is 32.7 Å². The summed E-state index contributed by atoms with van der Waals surface area (Å²) in [7, 11) is 0. The van der Waals surface area contributed by atoms with Crippen molar-refractivity contribution in [2.24, 2.45) is 0 Å². The second kappa shape index (κ2) is 5.77. The van der Waals surface area contributed by atoms with E-state index < -0.39 is 0 Å². The lowest BCUT2D eigenvalue weighted by atomic mass is 9.93. The van der Waals surface area contributed by atoms with Gasteiger partial charge in [-0.3, -0.25) is 10.4 Å². The molecular weight excluding hydrogens is 308 g/mol. The second-order valence-corrected chi connectivity index (χ2v) is 7.53. The van der Waals surface area contributed by atoms with Crippen LogP contribution >= 0.6 is 11.3 Å². The molecule has 2 aromatic heterocycles. The lowest BCUT2D eigenvalue weighted by Crippen LogP contribution is -2.26. The first-order valence-electron chi connectivity index (χ1n) is 7.47. The molecule has 1 aliphatic rings. The third kappa shape index (κ3) is 3.12. The molecule has 1 aliphatic heterocycles. The number of hydrogen-bond donors (Lipinski definition) is 2. The van der Waals surface area contributed by atoms with Crippen molar-refractivity contribution in [3.8, 4) is 0 Å². The zero-order chi connectivity index (χ0) is 16.6. The summed E-state index contributed by atoms with van der Waals surface area (Å²) >= 11 is 1.48. The highest BCUT2D eigenvalue weighted by Crippen LogP contribution is 2.33. The minimum absolute atomic E-state index is 0.0406. The maximum Gasteiger partial charge on any atom is 0.135 e. The fraction of sp³-hybridized carbons (Fsp3) is 0.353. The first-order chi connectivity index (χ1) is 10.9. The van der Waals surface area contributed by atoms with Gasteiger partial charge in [0.05, 0.1) is 17.8 Å². The quantitative estimate of drug-likeness (QED) is 0.903. The lowest BCUT2D eigenvalue weighted by Gasteiger charge is -2.18. The maximum atomic E-state index is 10.3. The predicted octanol–water partition coefficient (Wildman–Crippen LogP) is 3.60. The monoisotopic (exact) mass is 328 g/mol. The van der Waals surface area contributed by atoms with Crippen LogP contribution in [0.4, 0.5) is 0 Å². The van der Waals surface area contributed by atoms with Gasteiger partial charge < -0.3 is 10.0 Å². The Bertz CT molecular complexity index is 758. The molecule has 3 heterocycles. The molecule has 120 valence electrons. The molecule has 0 aliphatic carbocycles. The summed E-state index contributed by atoms with van der Waals surface area (Å²) in [6.45, 7) is 7.21. The standard InChI is InChI=1S/C17H20N4OS/c1-17(2,3)13-10-23-16(20-13)14-12(22)9-21(15(14)18)8-11-5-4-6-19-7-11/h4-7,10,18,22H,8-9H2,1-3H3. The number of aliphatic hydroxyl groups excluding tert-OH is 1. The number of aromatic nitrogens is 2. The Kier molecular flexibility index (Phi) is 3.93. The van der Waals surface area contributed by atoms with Crippen molar-refractivity contribution in [2.75, 3.05) is 6.54 Å². The summed E-state index contributed by atoms with van der Waals surface area (Å²) in [5.41, 5.74) is 2.51. The van der Waals surface area contributed by atoms with Crippen LogP contribution in [0.25, 0.3) is 5.57 Å². The van der Waals surface area contributed by atoms with E-state index in [9.17, 15) is 5.11 Å². The van der Waals surface area contributed by atoms with Crippen molar-refractivity contribution in [3.05, 3.63) is 51.9 Å². The van der Waals surface area contributed by atoms with Gasteiger partial charge in [-0.25, -0.2) is 4.98 Å². The molecule has 2 N–H and O–H groups in total. The number of aliphatic hydroxyl groups is 1. The third-order valence-electron chi connectivity index (χ3n) is 3.76. The number of thiazole rings is 1. The summed E-state index contributed by atoms with van der Waals surface area (Å²) < 4.78 is 0. The molecule has 0 fully saturated rings. The number of rotatable bonds is 3. The fourth-order valence-corrected chi connectivity index (χ4v) is 3.55. The smallest absolute Gasteiger partial charge is 0.135 e. The molecule has 5 nitrogen and oxygen atoms in total. The molecular formula is C17H20N4OS. The lowest BCUT2D eigenvalue weighted by molar-refractivity contribution is 0.347. The molecule has 0 saturated heterocycles. The van der Waals surface area contributed by atoms with Crippen LogP contribution in [0, 0.1) is 5.41 Å². The summed E-state index contributed by atoms with van der Waals surface area (Å²) in [4.78, 5) is 10.6. The Hall–Kier alpha value is -2.21. The van der Waals surface area contributed by atoms with Gasteiger partial charge >= 0.3 is 0 Å². The van der Waals surface area contributed by atoms with Crippen LogP contribution in [0.5, 0.6) is 0 Å². The van der Waals surface area contributed by atoms with E-state index in [2.05, 4.69) is 30.7 Å². The van der Waals surface area contributed by atoms with Crippen LogP contribution in [0.15, 0.2) is 35.7 Å². The van der Waals surface area contributed by atoms with E-state index in [1.165, 1.54) is 11.3 Å². The number of pyridine rings is 1. The zero-order valence-corrected chi connectivity index (χ0v) is 14.3. The van der Waals surface area contributed by atoms with E-state index >= 15 is 0 Å². The molecule has 23 heavy (non-hydrogen) atoms. The van der Waals surface area contributed by atoms with Gasteiger partial charge in [-0.05, 0) is 11.6 Å². The highest BCUT2D eigenvalue weighted by atomic mass is 32.1. The topological polar surface area (TPSA) is 73.1 Å². The predicted molar refractivity (Wildman–Crippen MR) is 92.7 cm³/mol. The Morgan fingerprint density at radius 2 is 2.17 bits per heavy atom. The van der Waals surface area contributed by atoms with Gasteiger partial charge in [0.15, 0.2) is 0 Å². The van der Waals surface area contributed by atoms with E-state index in [0.29, 0.717) is 29.5 Å². The van der Waals surface area contributed by atoms with Gasteiger partial charge in [-0.1, -0.05) is 26.8 Å². The summed E-state index contributed by atoms with van der Waals surface area (Å²) in [5, 5.41) is 21.4. The SMILES string of the molecule is CC(C)(C)c1csc(C2=C(O)CN(Cc3cccnc3)C2=N)n1. The molecule has 0 amide bonds. The molecule has 0 spiro atoms. The molecule has 0 unspecified atom stereocenters. The van der Waals surface area contributed by atoms with E-state index in [1.54, 1.807) is 12.4 Å². The highest BCUT2D eigenvalue weighted by Gasteiger charge is 2.31. The van der Waals surface area contributed by atoms with Crippen LogP contribution in [0.3, 0.4) is 0 Å². The third-order valence-corrected chi connectivity index (χ3v) is 4.62. The van der Waals surface area contributed by atoms with Crippen molar-refractivity contribution < 1.29 is 5.11 Å². The molecule has 3 rings (SSSR count). The van der Waals surface area contributed by atoms with E-state index in [0.717, 1.165) is 11.3 Å². The van der Waals surface area contributed by atoms with Crippen LogP contribution in [0.1, 0.15) is 37.0 Å². The molecule has 0 bridgehead atoms. The second-order valence-electron chi connectivity index (χ2n) is 6.68. The fourth-order valence-electron chi connectivity index (χ4n) is 2.44. The molecule has 0 atom stereocenters. The number of hydrogen-bond acceptors (Lipinski definition) is 5. The van der Waals surface area contributed by atoms with E-state index in [4.69, 9.17) is 5.41 Å². The molecule has 0 radical (unpaired) electrons. The van der Waals surface area contributed by atoms with Crippen LogP contribution in [-0.2, 0) is 12.0 Å². The van der Waals surface area contributed by atoms with Crippen LogP contribution in [0.2, 0.25) is 0 Å². The van der Waals surface area contributed by atoms with Crippen molar-refractivity contribution in [3.63, 3.8) is 0 Å². The van der Waals surface area contributed by atoms with Gasteiger partial charge in [0, 0.05) is 29.7 Å². The first kappa shape index (κ1) is 15.7. The van der Waals surface area contributed by atoms with E-state index in [1.807, 2.05) is 22.4 Å². The average molecular weight is 328 g/mol. The Morgan fingerprint density at radius 3 is 2.78 bits per heavy atom.